The first kappa shape index (κ1) is 19.6. The molecule has 1 N–H and O–H groups in total. The van der Waals surface area contributed by atoms with Gasteiger partial charge in [-0.3, -0.25) is 14.6 Å². The molecule has 2 aromatic rings. The standard InChI is InChI=1S/C24H29N3O2/c1-3-17(2)27-23(29)20-10-6-5-9-19(20)21(24(27)13-7-4-8-14-24)22(28)26-18-11-15-25-16-12-18/h5-6,9-12,15-17,21H,3-4,7-8,13-14H2,1-2H3,(H,25,26,28)/t17-,21+/m1/s1. The Kier molecular flexibility index (Phi) is 5.39. The molecule has 2 aliphatic rings. The zero-order valence-electron chi connectivity index (χ0n) is 17.2. The SMILES string of the molecule is CC[C@@H](C)N1C(=O)c2ccccc2[C@@H](C(=O)Nc2ccncc2)C12CCCCC2. The van der Waals surface area contributed by atoms with Crippen LogP contribution in [0.25, 0.3) is 0 Å². The van der Waals surface area contributed by atoms with Crippen molar-refractivity contribution >= 4 is 17.5 Å². The number of benzene rings is 1. The number of nitrogens with zero attached hydrogens (tertiary/aromatic N) is 2. The van der Waals surface area contributed by atoms with Gasteiger partial charge in [-0.15, -0.1) is 0 Å². The summed E-state index contributed by atoms with van der Waals surface area (Å²) in [5.74, 6) is -0.338. The summed E-state index contributed by atoms with van der Waals surface area (Å²) in [4.78, 5) is 33.4. The zero-order valence-corrected chi connectivity index (χ0v) is 17.2. The molecule has 2 atom stereocenters. The van der Waals surface area contributed by atoms with Crippen molar-refractivity contribution in [2.75, 3.05) is 5.32 Å². The molecule has 1 saturated carbocycles. The van der Waals surface area contributed by atoms with Crippen molar-refractivity contribution in [3.05, 3.63) is 59.9 Å². The van der Waals surface area contributed by atoms with E-state index in [0.29, 0.717) is 5.56 Å². The Morgan fingerprint density at radius 1 is 1.17 bits per heavy atom. The first-order chi connectivity index (χ1) is 14.1. The summed E-state index contributed by atoms with van der Waals surface area (Å²) in [5.41, 5.74) is 1.81. The van der Waals surface area contributed by atoms with E-state index in [-0.39, 0.29) is 23.8 Å². The van der Waals surface area contributed by atoms with E-state index in [1.807, 2.05) is 24.3 Å². The third kappa shape index (κ3) is 3.33. The fourth-order valence-electron chi connectivity index (χ4n) is 5.25. The van der Waals surface area contributed by atoms with Gasteiger partial charge in [0.1, 0.15) is 0 Å². The predicted molar refractivity (Wildman–Crippen MR) is 114 cm³/mol. The molecule has 0 saturated heterocycles. The summed E-state index contributed by atoms with van der Waals surface area (Å²) in [5, 5.41) is 3.10. The lowest BCUT2D eigenvalue weighted by molar-refractivity contribution is -0.122. The number of carbonyl (C=O) groups is 2. The Morgan fingerprint density at radius 3 is 2.55 bits per heavy atom. The molecule has 5 nitrogen and oxygen atoms in total. The Hall–Kier alpha value is -2.69. The molecule has 1 aliphatic heterocycles. The highest BCUT2D eigenvalue weighted by Crippen LogP contribution is 2.50. The summed E-state index contributed by atoms with van der Waals surface area (Å²) in [6, 6.07) is 11.4. The van der Waals surface area contributed by atoms with Crippen LogP contribution >= 0.6 is 0 Å². The first-order valence-corrected chi connectivity index (χ1v) is 10.7. The number of nitrogens with one attached hydrogen (secondary N) is 1. The molecule has 29 heavy (non-hydrogen) atoms. The van der Waals surface area contributed by atoms with E-state index in [0.717, 1.165) is 49.8 Å². The maximum atomic E-state index is 13.7. The van der Waals surface area contributed by atoms with Crippen molar-refractivity contribution in [1.82, 2.24) is 9.88 Å². The van der Waals surface area contributed by atoms with Crippen LogP contribution in [-0.2, 0) is 4.79 Å². The Labute approximate surface area is 172 Å². The average Bonchev–Trinajstić information content (AvgIpc) is 2.75. The number of anilines is 1. The van der Waals surface area contributed by atoms with Crippen LogP contribution in [0.3, 0.4) is 0 Å². The maximum Gasteiger partial charge on any atom is 0.254 e. The topological polar surface area (TPSA) is 62.3 Å². The Morgan fingerprint density at radius 2 is 1.86 bits per heavy atom. The average molecular weight is 392 g/mol. The van der Waals surface area contributed by atoms with E-state index in [9.17, 15) is 9.59 Å². The maximum absolute atomic E-state index is 13.7. The molecule has 0 unspecified atom stereocenters. The lowest BCUT2D eigenvalue weighted by Gasteiger charge is -2.55. The van der Waals surface area contributed by atoms with Crippen molar-refractivity contribution in [3.8, 4) is 0 Å². The second-order valence-electron chi connectivity index (χ2n) is 8.34. The van der Waals surface area contributed by atoms with Gasteiger partial charge in [0.05, 0.1) is 11.5 Å². The molecule has 5 heteroatoms. The van der Waals surface area contributed by atoms with Gasteiger partial charge in [0.15, 0.2) is 0 Å². The molecule has 4 rings (SSSR count). The molecule has 152 valence electrons. The summed E-state index contributed by atoms with van der Waals surface area (Å²) in [6.07, 6.45) is 9.20. The highest BCUT2D eigenvalue weighted by atomic mass is 16.2. The number of fused-ring (bicyclic) bond motifs is 1. The summed E-state index contributed by atoms with van der Waals surface area (Å²) < 4.78 is 0. The zero-order chi connectivity index (χ0) is 20.4. The number of hydrogen-bond acceptors (Lipinski definition) is 3. The highest BCUT2D eigenvalue weighted by Gasteiger charge is 2.55. The van der Waals surface area contributed by atoms with Crippen LogP contribution in [0.2, 0.25) is 0 Å². The third-order valence-corrected chi connectivity index (χ3v) is 6.70. The van der Waals surface area contributed by atoms with Crippen LogP contribution in [0, 0.1) is 0 Å². The minimum atomic E-state index is -0.462. The van der Waals surface area contributed by atoms with Gasteiger partial charge >= 0.3 is 0 Å². The van der Waals surface area contributed by atoms with Crippen molar-refractivity contribution in [2.45, 2.75) is 69.9 Å². The fraction of sp³-hybridized carbons (Fsp3) is 0.458. The van der Waals surface area contributed by atoms with Crippen molar-refractivity contribution in [2.24, 2.45) is 0 Å². The van der Waals surface area contributed by atoms with Gasteiger partial charge < -0.3 is 10.2 Å². The Balaban J connectivity index is 1.85. The van der Waals surface area contributed by atoms with E-state index in [1.165, 1.54) is 0 Å². The Bertz CT molecular complexity index is 890. The van der Waals surface area contributed by atoms with Crippen LogP contribution in [-0.4, -0.2) is 33.3 Å². The van der Waals surface area contributed by atoms with Crippen LogP contribution < -0.4 is 5.32 Å². The number of pyridine rings is 1. The molecule has 1 aliphatic carbocycles. The minimum absolute atomic E-state index is 0.0358. The molecule has 1 aromatic carbocycles. The summed E-state index contributed by atoms with van der Waals surface area (Å²) in [7, 11) is 0. The number of amides is 2. The number of hydrogen-bond donors (Lipinski definition) is 1. The van der Waals surface area contributed by atoms with Crippen molar-refractivity contribution in [3.63, 3.8) is 0 Å². The largest absolute Gasteiger partial charge is 0.329 e. The minimum Gasteiger partial charge on any atom is -0.329 e. The van der Waals surface area contributed by atoms with Crippen molar-refractivity contribution < 1.29 is 9.59 Å². The summed E-state index contributed by atoms with van der Waals surface area (Å²) >= 11 is 0. The first-order valence-electron chi connectivity index (χ1n) is 10.7. The van der Waals surface area contributed by atoms with Gasteiger partial charge in [0, 0.05) is 29.7 Å². The number of carbonyl (C=O) groups excluding carboxylic acids is 2. The quantitative estimate of drug-likeness (QED) is 0.817. The number of rotatable bonds is 4. The van der Waals surface area contributed by atoms with Gasteiger partial charge in [0.2, 0.25) is 5.91 Å². The molecule has 0 radical (unpaired) electrons. The predicted octanol–water partition coefficient (Wildman–Crippen LogP) is 4.76. The molecule has 1 spiro atoms. The molecule has 1 fully saturated rings. The van der Waals surface area contributed by atoms with Crippen molar-refractivity contribution in [1.29, 1.82) is 0 Å². The van der Waals surface area contributed by atoms with Gasteiger partial charge in [0.25, 0.3) is 5.91 Å². The van der Waals surface area contributed by atoms with Gasteiger partial charge in [-0.2, -0.15) is 0 Å². The smallest absolute Gasteiger partial charge is 0.254 e. The van der Waals surface area contributed by atoms with Gasteiger partial charge in [-0.05, 0) is 49.9 Å². The fourth-order valence-corrected chi connectivity index (χ4v) is 5.25. The molecular weight excluding hydrogens is 362 g/mol. The van der Waals surface area contributed by atoms with E-state index >= 15 is 0 Å². The normalized spacial score (nSPS) is 21.5. The van der Waals surface area contributed by atoms with E-state index in [2.05, 4.69) is 29.0 Å². The van der Waals surface area contributed by atoms with Crippen LogP contribution in [0.4, 0.5) is 5.69 Å². The van der Waals surface area contributed by atoms with E-state index in [1.54, 1.807) is 24.5 Å². The summed E-state index contributed by atoms with van der Waals surface area (Å²) in [6.45, 7) is 4.22. The molecule has 2 amide bonds. The second kappa shape index (κ2) is 7.97. The number of aromatic nitrogens is 1. The second-order valence-corrected chi connectivity index (χ2v) is 8.34. The molecule has 0 bridgehead atoms. The van der Waals surface area contributed by atoms with Crippen LogP contribution in [0.5, 0.6) is 0 Å². The van der Waals surface area contributed by atoms with Crippen LogP contribution in [0.1, 0.15) is 74.2 Å². The van der Waals surface area contributed by atoms with E-state index < -0.39 is 5.54 Å². The molecule has 1 aromatic heterocycles. The molecular formula is C24H29N3O2. The lowest BCUT2D eigenvalue weighted by Crippen LogP contribution is -2.64. The lowest BCUT2D eigenvalue weighted by atomic mass is 9.64. The third-order valence-electron chi connectivity index (χ3n) is 6.70. The highest BCUT2D eigenvalue weighted by molar-refractivity contribution is 6.05. The van der Waals surface area contributed by atoms with E-state index in [4.69, 9.17) is 0 Å². The van der Waals surface area contributed by atoms with Gasteiger partial charge in [-0.25, -0.2) is 0 Å². The molecule has 2 heterocycles. The van der Waals surface area contributed by atoms with Gasteiger partial charge in [-0.1, -0.05) is 44.4 Å². The monoisotopic (exact) mass is 391 g/mol. The van der Waals surface area contributed by atoms with Crippen LogP contribution in [0.15, 0.2) is 48.8 Å².